The molecule has 0 radical (unpaired) electrons. The summed E-state index contributed by atoms with van der Waals surface area (Å²) < 4.78 is 42.5. The van der Waals surface area contributed by atoms with Gasteiger partial charge in [0.15, 0.2) is 11.3 Å². The number of thiocarbonyl (C=S) groups is 1. The van der Waals surface area contributed by atoms with E-state index < -0.39 is 11.7 Å². The van der Waals surface area contributed by atoms with Crippen molar-refractivity contribution < 1.29 is 17.9 Å². The zero-order valence-electron chi connectivity index (χ0n) is 9.13. The van der Waals surface area contributed by atoms with Crippen molar-refractivity contribution in [1.82, 2.24) is 5.32 Å². The quantitative estimate of drug-likeness (QED) is 0.493. The van der Waals surface area contributed by atoms with Gasteiger partial charge in [-0.1, -0.05) is 0 Å². The first-order chi connectivity index (χ1) is 8.38. The summed E-state index contributed by atoms with van der Waals surface area (Å²) in [5.74, 6) is 0.185. The van der Waals surface area contributed by atoms with Crippen molar-refractivity contribution in [3.8, 4) is 11.9 Å². The molecule has 0 fully saturated rings. The zero-order valence-corrected chi connectivity index (χ0v) is 9.95. The van der Waals surface area contributed by atoms with Crippen LogP contribution in [0.4, 0.5) is 18.9 Å². The van der Waals surface area contributed by atoms with E-state index in [2.05, 4.69) is 10.6 Å². The molecule has 0 aliphatic rings. The van der Waals surface area contributed by atoms with E-state index in [1.807, 2.05) is 0 Å². The van der Waals surface area contributed by atoms with Gasteiger partial charge in [-0.25, -0.2) is 0 Å². The second-order valence-corrected chi connectivity index (χ2v) is 3.51. The number of halogens is 3. The summed E-state index contributed by atoms with van der Waals surface area (Å²) >= 11 is 4.70. The summed E-state index contributed by atoms with van der Waals surface area (Å²) in [5.41, 5.74) is -0.814. The first-order valence-electron chi connectivity index (χ1n) is 4.60. The minimum Gasteiger partial charge on any atom is -0.495 e. The van der Waals surface area contributed by atoms with Crippen LogP contribution in [0, 0.1) is 11.5 Å². The minimum atomic E-state index is -4.47. The van der Waals surface area contributed by atoms with Gasteiger partial charge in [0, 0.05) is 0 Å². The number of methoxy groups -OCH3 is 1. The maximum absolute atomic E-state index is 12.5. The van der Waals surface area contributed by atoms with Crippen molar-refractivity contribution in [3.63, 3.8) is 0 Å². The molecule has 0 heterocycles. The van der Waals surface area contributed by atoms with Gasteiger partial charge in [0.05, 0.1) is 18.4 Å². The standard InChI is InChI=1S/C10H8F3N3OS/c1-17-8-3-2-6(10(11,12)13)4-7(8)16-9(18)15-5-14/h2-4H,1H3,(H2,15,16,18). The Kier molecular flexibility index (Phi) is 4.33. The molecule has 0 unspecified atom stereocenters. The van der Waals surface area contributed by atoms with Gasteiger partial charge in [0.2, 0.25) is 0 Å². The molecule has 0 amide bonds. The molecule has 0 saturated carbocycles. The number of rotatable bonds is 2. The van der Waals surface area contributed by atoms with E-state index in [1.54, 1.807) is 6.19 Å². The molecule has 0 atom stereocenters. The number of hydrogen-bond donors (Lipinski definition) is 2. The van der Waals surface area contributed by atoms with Gasteiger partial charge in [0.1, 0.15) is 5.75 Å². The molecule has 0 aliphatic carbocycles. The highest BCUT2D eigenvalue weighted by molar-refractivity contribution is 7.80. The molecule has 8 heteroatoms. The Bertz CT molecular complexity index is 496. The predicted molar refractivity (Wildman–Crippen MR) is 63.0 cm³/mol. The first-order valence-corrected chi connectivity index (χ1v) is 5.00. The number of hydrogen-bond acceptors (Lipinski definition) is 3. The average Bonchev–Trinajstić information content (AvgIpc) is 2.28. The second-order valence-electron chi connectivity index (χ2n) is 3.10. The number of ether oxygens (including phenoxy) is 1. The number of nitriles is 1. The molecule has 0 saturated heterocycles. The van der Waals surface area contributed by atoms with Crippen molar-refractivity contribution in [2.75, 3.05) is 12.4 Å². The summed E-state index contributed by atoms with van der Waals surface area (Å²) in [7, 11) is 1.31. The molecule has 18 heavy (non-hydrogen) atoms. The van der Waals surface area contributed by atoms with Crippen LogP contribution in [0.15, 0.2) is 18.2 Å². The Hall–Kier alpha value is -2.01. The van der Waals surface area contributed by atoms with Gasteiger partial charge >= 0.3 is 6.18 Å². The molecule has 0 spiro atoms. The Balaban J connectivity index is 3.07. The van der Waals surface area contributed by atoms with Crippen LogP contribution in [0.1, 0.15) is 5.56 Å². The van der Waals surface area contributed by atoms with Crippen LogP contribution in [-0.4, -0.2) is 12.2 Å². The number of nitrogens with one attached hydrogen (secondary N) is 2. The van der Waals surface area contributed by atoms with Gasteiger partial charge in [-0.2, -0.15) is 18.4 Å². The van der Waals surface area contributed by atoms with Crippen molar-refractivity contribution in [1.29, 1.82) is 5.26 Å². The lowest BCUT2D eigenvalue weighted by atomic mass is 10.2. The summed E-state index contributed by atoms with van der Waals surface area (Å²) in [6, 6.07) is 2.91. The largest absolute Gasteiger partial charge is 0.495 e. The zero-order chi connectivity index (χ0) is 13.8. The maximum Gasteiger partial charge on any atom is 0.416 e. The molecule has 1 aromatic carbocycles. The SMILES string of the molecule is COc1ccc(C(F)(F)F)cc1NC(=S)NC#N. The molecule has 4 nitrogen and oxygen atoms in total. The van der Waals surface area contributed by atoms with Crippen LogP contribution < -0.4 is 15.4 Å². The topological polar surface area (TPSA) is 57.1 Å². The van der Waals surface area contributed by atoms with Crippen LogP contribution in [0.5, 0.6) is 5.75 Å². The Morgan fingerprint density at radius 3 is 2.61 bits per heavy atom. The lowest BCUT2D eigenvalue weighted by molar-refractivity contribution is -0.137. The van der Waals surface area contributed by atoms with Crippen LogP contribution in [0.3, 0.4) is 0 Å². The van der Waals surface area contributed by atoms with E-state index in [1.165, 1.54) is 13.2 Å². The van der Waals surface area contributed by atoms with Crippen molar-refractivity contribution in [2.24, 2.45) is 0 Å². The van der Waals surface area contributed by atoms with Crippen LogP contribution in [-0.2, 0) is 6.18 Å². The number of benzene rings is 1. The van der Waals surface area contributed by atoms with Gasteiger partial charge < -0.3 is 10.1 Å². The van der Waals surface area contributed by atoms with Crippen LogP contribution in [0.25, 0.3) is 0 Å². The lowest BCUT2D eigenvalue weighted by Gasteiger charge is -2.14. The fourth-order valence-electron chi connectivity index (χ4n) is 1.19. The monoisotopic (exact) mass is 275 g/mol. The van der Waals surface area contributed by atoms with E-state index in [0.29, 0.717) is 0 Å². The van der Waals surface area contributed by atoms with Crippen molar-refractivity contribution in [3.05, 3.63) is 23.8 Å². The molecule has 1 rings (SSSR count). The van der Waals surface area contributed by atoms with Crippen molar-refractivity contribution in [2.45, 2.75) is 6.18 Å². The van der Waals surface area contributed by atoms with E-state index in [4.69, 9.17) is 22.2 Å². The minimum absolute atomic E-state index is 0.0278. The molecule has 0 aliphatic heterocycles. The van der Waals surface area contributed by atoms with Gasteiger partial charge in [-0.05, 0) is 30.4 Å². The Morgan fingerprint density at radius 2 is 2.11 bits per heavy atom. The predicted octanol–water partition coefficient (Wildman–Crippen LogP) is 2.48. The average molecular weight is 275 g/mol. The lowest BCUT2D eigenvalue weighted by Crippen LogP contribution is -2.24. The van der Waals surface area contributed by atoms with E-state index in [9.17, 15) is 13.2 Å². The molecule has 96 valence electrons. The van der Waals surface area contributed by atoms with Gasteiger partial charge in [0.25, 0.3) is 0 Å². The molecule has 1 aromatic rings. The van der Waals surface area contributed by atoms with E-state index in [0.717, 1.165) is 12.1 Å². The fraction of sp³-hybridized carbons (Fsp3) is 0.200. The summed E-state index contributed by atoms with van der Waals surface area (Å²) in [5, 5.41) is 12.7. The number of anilines is 1. The smallest absolute Gasteiger partial charge is 0.416 e. The normalized spacial score (nSPS) is 10.4. The maximum atomic E-state index is 12.5. The van der Waals surface area contributed by atoms with Crippen LogP contribution >= 0.6 is 12.2 Å². The summed E-state index contributed by atoms with van der Waals surface area (Å²) in [6.07, 6.45) is -2.91. The highest BCUT2D eigenvalue weighted by Crippen LogP contribution is 2.34. The van der Waals surface area contributed by atoms with Gasteiger partial charge in [-0.3, -0.25) is 5.32 Å². The van der Waals surface area contributed by atoms with E-state index >= 15 is 0 Å². The molecular formula is C10H8F3N3OS. The molecule has 0 aromatic heterocycles. The summed E-state index contributed by atoms with van der Waals surface area (Å²) in [6.45, 7) is 0. The fourth-order valence-corrected chi connectivity index (χ4v) is 1.34. The van der Waals surface area contributed by atoms with Crippen molar-refractivity contribution >= 4 is 23.0 Å². The van der Waals surface area contributed by atoms with Crippen LogP contribution in [0.2, 0.25) is 0 Å². The summed E-state index contributed by atoms with van der Waals surface area (Å²) in [4.78, 5) is 0. The molecular weight excluding hydrogens is 267 g/mol. The molecule has 0 bridgehead atoms. The molecule has 2 N–H and O–H groups in total. The third-order valence-corrected chi connectivity index (χ3v) is 2.15. The third kappa shape index (κ3) is 3.49. The Morgan fingerprint density at radius 1 is 1.44 bits per heavy atom. The van der Waals surface area contributed by atoms with Gasteiger partial charge in [-0.15, -0.1) is 0 Å². The van der Waals surface area contributed by atoms with E-state index in [-0.39, 0.29) is 16.5 Å². The highest BCUT2D eigenvalue weighted by atomic mass is 32.1. The Labute approximate surface area is 106 Å². The third-order valence-electron chi connectivity index (χ3n) is 1.94. The first kappa shape index (κ1) is 14.1. The highest BCUT2D eigenvalue weighted by Gasteiger charge is 2.31. The number of nitrogens with zero attached hydrogens (tertiary/aromatic N) is 1. The number of alkyl halides is 3. The second kappa shape index (κ2) is 5.55.